The highest BCUT2D eigenvalue weighted by Gasteiger charge is 2.51. The van der Waals surface area contributed by atoms with Gasteiger partial charge >= 0.3 is 0 Å². The van der Waals surface area contributed by atoms with Gasteiger partial charge in [0.1, 0.15) is 0 Å². The highest BCUT2D eigenvalue weighted by atomic mass is 35.5. The van der Waals surface area contributed by atoms with Crippen LogP contribution >= 0.6 is 11.6 Å². The Morgan fingerprint density at radius 2 is 1.77 bits per heavy atom. The lowest BCUT2D eigenvalue weighted by molar-refractivity contribution is -0.114. The molecule has 1 aliphatic heterocycles. The molecule has 4 rings (SSSR count). The quantitative estimate of drug-likeness (QED) is 0.676. The van der Waals surface area contributed by atoms with Crippen LogP contribution in [0.5, 0.6) is 0 Å². The fraction of sp³-hybridized carbons (Fsp3) is 0.435. The van der Waals surface area contributed by atoms with Gasteiger partial charge in [-0.05, 0) is 55.0 Å². The fourth-order valence-electron chi connectivity index (χ4n) is 4.98. The summed E-state index contributed by atoms with van der Waals surface area (Å²) in [5, 5.41) is 2.67. The van der Waals surface area contributed by atoms with Crippen LogP contribution in [0.1, 0.15) is 50.6 Å². The summed E-state index contributed by atoms with van der Waals surface area (Å²) in [5.74, 6) is -0.112. The first-order valence-electron chi connectivity index (χ1n) is 10.4. The number of hydrogen-bond acceptors (Lipinski definition) is 3. The Morgan fingerprint density at radius 3 is 2.43 bits per heavy atom. The molecule has 1 saturated heterocycles. The molecule has 0 aromatic heterocycles. The number of carbonyl (C=O) groups excluding carboxylic acids is 1. The minimum Gasteiger partial charge on any atom is -0.326 e. The van der Waals surface area contributed by atoms with Gasteiger partial charge in [0.05, 0.1) is 15.8 Å². The second-order valence-electron chi connectivity index (χ2n) is 8.31. The van der Waals surface area contributed by atoms with Gasteiger partial charge in [0.15, 0.2) is 0 Å². The molecule has 30 heavy (non-hydrogen) atoms. The van der Waals surface area contributed by atoms with Gasteiger partial charge in [-0.15, -0.1) is 11.6 Å². The molecule has 1 amide bonds. The number of alkyl halides is 1. The molecule has 2 aliphatic rings. The van der Waals surface area contributed by atoms with E-state index >= 15 is 0 Å². The maximum atomic E-state index is 13.7. The largest absolute Gasteiger partial charge is 0.326 e. The van der Waals surface area contributed by atoms with E-state index < -0.39 is 10.0 Å². The molecule has 3 atom stereocenters. The zero-order chi connectivity index (χ0) is 21.4. The summed E-state index contributed by atoms with van der Waals surface area (Å²) in [6.45, 7) is 1.82. The van der Waals surface area contributed by atoms with Gasteiger partial charge in [-0.2, -0.15) is 4.31 Å². The van der Waals surface area contributed by atoms with E-state index in [4.69, 9.17) is 11.6 Å². The lowest BCUT2D eigenvalue weighted by atomic mass is 9.69. The van der Waals surface area contributed by atoms with E-state index in [0.29, 0.717) is 18.7 Å². The number of nitrogens with zero attached hydrogens (tertiary/aromatic N) is 1. The van der Waals surface area contributed by atoms with Crippen LogP contribution < -0.4 is 5.32 Å². The highest BCUT2D eigenvalue weighted by Crippen LogP contribution is 2.53. The van der Waals surface area contributed by atoms with Crippen LogP contribution in [-0.4, -0.2) is 30.0 Å². The first kappa shape index (κ1) is 21.3. The van der Waals surface area contributed by atoms with Crippen molar-refractivity contribution in [3.05, 3.63) is 60.2 Å². The van der Waals surface area contributed by atoms with Crippen LogP contribution in [0.2, 0.25) is 0 Å². The summed E-state index contributed by atoms with van der Waals surface area (Å²) in [4.78, 5) is 11.1. The van der Waals surface area contributed by atoms with Crippen LogP contribution in [0.3, 0.4) is 0 Å². The van der Waals surface area contributed by atoms with Crippen molar-refractivity contribution in [3.63, 3.8) is 0 Å². The smallest absolute Gasteiger partial charge is 0.243 e. The maximum absolute atomic E-state index is 13.7. The van der Waals surface area contributed by atoms with Gasteiger partial charge in [-0.1, -0.05) is 43.2 Å². The van der Waals surface area contributed by atoms with Crippen molar-refractivity contribution in [1.29, 1.82) is 0 Å². The van der Waals surface area contributed by atoms with Crippen LogP contribution in [-0.2, 0) is 14.8 Å². The molecular formula is C23H27ClN2O3S. The van der Waals surface area contributed by atoms with Crippen molar-refractivity contribution in [2.24, 2.45) is 5.92 Å². The molecule has 1 saturated carbocycles. The third-order valence-electron chi connectivity index (χ3n) is 6.38. The highest BCUT2D eigenvalue weighted by molar-refractivity contribution is 7.89. The van der Waals surface area contributed by atoms with Crippen molar-refractivity contribution in [2.45, 2.75) is 54.8 Å². The summed E-state index contributed by atoms with van der Waals surface area (Å²) < 4.78 is 29.0. The molecule has 5 nitrogen and oxygen atoms in total. The van der Waals surface area contributed by atoms with Crippen LogP contribution in [0, 0.1) is 5.92 Å². The van der Waals surface area contributed by atoms with Crippen molar-refractivity contribution in [1.82, 2.24) is 4.31 Å². The second kappa shape index (κ2) is 8.33. The number of rotatable bonds is 4. The molecular weight excluding hydrogens is 420 g/mol. The van der Waals surface area contributed by atoms with Gasteiger partial charge in [0, 0.05) is 19.2 Å². The molecule has 0 spiro atoms. The fourth-order valence-corrected chi connectivity index (χ4v) is 7.08. The van der Waals surface area contributed by atoms with Crippen molar-refractivity contribution in [3.8, 4) is 0 Å². The molecule has 1 heterocycles. The number of piperidine rings is 1. The molecule has 1 aliphatic carbocycles. The van der Waals surface area contributed by atoms with Crippen molar-refractivity contribution < 1.29 is 13.2 Å². The number of hydrogen-bond donors (Lipinski definition) is 1. The Kier molecular flexibility index (Phi) is 5.93. The van der Waals surface area contributed by atoms with Crippen LogP contribution in [0.25, 0.3) is 0 Å². The number of anilines is 1. The minimum absolute atomic E-state index is 0.0810. The maximum Gasteiger partial charge on any atom is 0.243 e. The summed E-state index contributed by atoms with van der Waals surface area (Å²) in [7, 11) is -3.72. The van der Waals surface area contributed by atoms with Gasteiger partial charge in [0.2, 0.25) is 15.9 Å². The molecule has 0 bridgehead atoms. The van der Waals surface area contributed by atoms with E-state index in [1.54, 1.807) is 28.6 Å². The summed E-state index contributed by atoms with van der Waals surface area (Å²) in [5.41, 5.74) is 1.57. The lowest BCUT2D eigenvalue weighted by Crippen LogP contribution is -2.53. The average molecular weight is 447 g/mol. The number of nitrogens with one attached hydrogen (secondary N) is 1. The first-order chi connectivity index (χ1) is 14.3. The molecule has 2 fully saturated rings. The minimum atomic E-state index is -3.72. The van der Waals surface area contributed by atoms with Gasteiger partial charge in [-0.25, -0.2) is 8.42 Å². The third-order valence-corrected chi connectivity index (χ3v) is 8.94. The molecule has 7 heteroatoms. The predicted octanol–water partition coefficient (Wildman–Crippen LogP) is 4.95. The van der Waals surface area contributed by atoms with E-state index in [-0.39, 0.29) is 27.6 Å². The summed E-state index contributed by atoms with van der Waals surface area (Å²) in [6.07, 6.45) is 4.69. The predicted molar refractivity (Wildman–Crippen MR) is 119 cm³/mol. The number of carbonyl (C=O) groups is 1. The Bertz CT molecular complexity index is 1010. The number of sulfonamides is 1. The van der Waals surface area contributed by atoms with E-state index in [1.807, 2.05) is 30.3 Å². The van der Waals surface area contributed by atoms with Crippen LogP contribution in [0.15, 0.2) is 59.5 Å². The molecule has 0 radical (unpaired) electrons. The van der Waals surface area contributed by atoms with Crippen molar-refractivity contribution in [2.75, 3.05) is 11.9 Å². The number of amides is 1. The Balaban J connectivity index is 1.72. The normalized spacial score (nSPS) is 27.3. The van der Waals surface area contributed by atoms with Gasteiger partial charge in [0.25, 0.3) is 0 Å². The molecule has 0 unspecified atom stereocenters. The SMILES string of the molecule is CC(=O)Nc1ccc(S(=O)(=O)N2CC[C@]3(Cl)CCCC[C@H]3[C@@H]2c2ccccc2)cc1. The van der Waals surface area contributed by atoms with Gasteiger partial charge in [-0.3, -0.25) is 4.79 Å². The summed E-state index contributed by atoms with van der Waals surface area (Å²) >= 11 is 7.09. The second-order valence-corrected chi connectivity index (χ2v) is 11.0. The molecule has 160 valence electrons. The van der Waals surface area contributed by atoms with E-state index in [0.717, 1.165) is 31.2 Å². The van der Waals surface area contributed by atoms with E-state index in [2.05, 4.69) is 5.32 Å². The zero-order valence-electron chi connectivity index (χ0n) is 17.1. The zero-order valence-corrected chi connectivity index (χ0v) is 18.6. The summed E-state index contributed by atoms with van der Waals surface area (Å²) in [6, 6.07) is 16.0. The van der Waals surface area contributed by atoms with Crippen molar-refractivity contribution >= 4 is 33.2 Å². The first-order valence-corrected chi connectivity index (χ1v) is 12.3. The third kappa shape index (κ3) is 4.01. The number of benzene rings is 2. The Morgan fingerprint density at radius 1 is 1.07 bits per heavy atom. The molecule has 2 aromatic carbocycles. The topological polar surface area (TPSA) is 66.5 Å². The number of fused-ring (bicyclic) bond motifs is 1. The monoisotopic (exact) mass is 446 g/mol. The Labute approximate surface area is 183 Å². The van der Waals surface area contributed by atoms with Gasteiger partial charge < -0.3 is 5.32 Å². The number of halogens is 1. The van der Waals surface area contributed by atoms with E-state index in [9.17, 15) is 13.2 Å². The molecule has 2 aromatic rings. The van der Waals surface area contributed by atoms with E-state index in [1.165, 1.54) is 6.92 Å². The standard InChI is InChI=1S/C23H27ClN2O3S/c1-17(27)25-19-10-12-20(13-11-19)30(28,29)26-16-15-23(24)14-6-5-9-21(23)22(26)18-7-3-2-4-8-18/h2-4,7-8,10-13,21-22H,5-6,9,14-16H2,1H3,(H,25,27)/t21-,22-,23+/m0/s1. The van der Waals surface area contributed by atoms with Crippen LogP contribution in [0.4, 0.5) is 5.69 Å². The molecule has 1 N–H and O–H groups in total. The Hall–Kier alpha value is -1.89. The average Bonchev–Trinajstić information content (AvgIpc) is 2.73. The lowest BCUT2D eigenvalue weighted by Gasteiger charge is -2.51.